The first-order chi connectivity index (χ1) is 17.5. The molecule has 1 saturated carbocycles. The molecule has 1 aromatic heterocycles. The number of rotatable bonds is 11. The number of hydrogen-bond acceptors (Lipinski definition) is 4. The molecule has 0 spiro atoms. The fourth-order valence-electron chi connectivity index (χ4n) is 5.16. The zero-order chi connectivity index (χ0) is 25.5. The minimum atomic E-state index is -0.930. The summed E-state index contributed by atoms with van der Waals surface area (Å²) in [4.78, 5) is 10.7. The van der Waals surface area contributed by atoms with Crippen LogP contribution in [0.15, 0.2) is 48.5 Å². The molecule has 192 valence electrons. The molecule has 1 heterocycles. The van der Waals surface area contributed by atoms with Crippen molar-refractivity contribution >= 4 is 5.97 Å². The maximum absolute atomic E-state index is 15.4. The first-order valence-corrected chi connectivity index (χ1v) is 12.7. The smallest absolute Gasteiger partial charge is 0.329 e. The maximum atomic E-state index is 15.4. The Morgan fingerprint density at radius 3 is 2.50 bits per heavy atom. The first kappa shape index (κ1) is 26.0. The van der Waals surface area contributed by atoms with E-state index in [9.17, 15) is 4.79 Å². The second kappa shape index (κ2) is 12.3. The van der Waals surface area contributed by atoms with E-state index in [1.807, 2.05) is 42.5 Å². The van der Waals surface area contributed by atoms with Gasteiger partial charge < -0.3 is 14.6 Å². The number of hydrogen-bond donors (Lipinski definition) is 1. The van der Waals surface area contributed by atoms with Crippen LogP contribution in [0, 0.1) is 24.6 Å². The number of aryl methyl sites for hydroxylation is 1. The quantitative estimate of drug-likeness (QED) is 0.367. The predicted octanol–water partition coefficient (Wildman–Crippen LogP) is 5.76. The van der Waals surface area contributed by atoms with Crippen molar-refractivity contribution in [3.63, 3.8) is 0 Å². The van der Waals surface area contributed by atoms with Crippen LogP contribution in [-0.4, -0.2) is 47.8 Å². The molecular weight excluding hydrogens is 459 g/mol. The van der Waals surface area contributed by atoms with Crippen molar-refractivity contribution < 1.29 is 23.8 Å². The van der Waals surface area contributed by atoms with Gasteiger partial charge in [-0.2, -0.15) is 5.10 Å². The molecule has 36 heavy (non-hydrogen) atoms. The Hall–Kier alpha value is -3.03. The number of ether oxygens (including phenoxy) is 2. The molecule has 0 bridgehead atoms. The van der Waals surface area contributed by atoms with Gasteiger partial charge in [-0.1, -0.05) is 48.5 Å². The van der Waals surface area contributed by atoms with Crippen molar-refractivity contribution in [2.75, 3.05) is 26.9 Å². The molecule has 1 aliphatic rings. The number of carbonyl (C=O) groups is 1. The zero-order valence-corrected chi connectivity index (χ0v) is 21.1. The van der Waals surface area contributed by atoms with E-state index in [4.69, 9.17) is 19.7 Å². The van der Waals surface area contributed by atoms with E-state index >= 15 is 4.39 Å². The Bertz CT molecular complexity index is 1150. The summed E-state index contributed by atoms with van der Waals surface area (Å²) in [5.41, 5.74) is 4.78. The van der Waals surface area contributed by atoms with Crippen molar-refractivity contribution in [2.45, 2.75) is 45.6 Å². The number of aliphatic carboxylic acids is 1. The third-order valence-corrected chi connectivity index (χ3v) is 7.09. The molecule has 1 aliphatic carbocycles. The van der Waals surface area contributed by atoms with Gasteiger partial charge in [0, 0.05) is 42.5 Å². The molecule has 7 heteroatoms. The van der Waals surface area contributed by atoms with Gasteiger partial charge >= 0.3 is 5.97 Å². The Morgan fingerprint density at radius 1 is 1.08 bits per heavy atom. The summed E-state index contributed by atoms with van der Waals surface area (Å²) in [6.45, 7) is 3.33. The van der Waals surface area contributed by atoms with E-state index < -0.39 is 5.97 Å². The highest BCUT2D eigenvalue weighted by Crippen LogP contribution is 2.38. The van der Waals surface area contributed by atoms with E-state index in [1.165, 1.54) is 0 Å². The van der Waals surface area contributed by atoms with Crippen molar-refractivity contribution in [3.05, 3.63) is 65.6 Å². The van der Waals surface area contributed by atoms with E-state index in [2.05, 4.69) is 4.68 Å². The zero-order valence-electron chi connectivity index (χ0n) is 21.1. The van der Waals surface area contributed by atoms with E-state index in [0.29, 0.717) is 42.6 Å². The van der Waals surface area contributed by atoms with E-state index in [-0.39, 0.29) is 12.4 Å². The summed E-state index contributed by atoms with van der Waals surface area (Å²) < 4.78 is 28.3. The van der Waals surface area contributed by atoms with Crippen LogP contribution >= 0.6 is 0 Å². The number of carboxylic acids is 1. The molecule has 3 aromatic rings. The predicted molar refractivity (Wildman–Crippen MR) is 137 cm³/mol. The highest BCUT2D eigenvalue weighted by Gasteiger charge is 2.27. The lowest BCUT2D eigenvalue weighted by Gasteiger charge is -2.28. The Kier molecular flexibility index (Phi) is 8.88. The maximum Gasteiger partial charge on any atom is 0.329 e. The number of methoxy groups -OCH3 is 1. The van der Waals surface area contributed by atoms with Gasteiger partial charge in [-0.25, -0.2) is 9.18 Å². The van der Waals surface area contributed by atoms with Crippen molar-refractivity contribution in [1.29, 1.82) is 0 Å². The van der Waals surface area contributed by atoms with Crippen LogP contribution in [-0.2, 0) is 27.2 Å². The molecule has 0 radical (unpaired) electrons. The Labute approximate surface area is 212 Å². The molecule has 0 unspecified atom stereocenters. The topological polar surface area (TPSA) is 73.6 Å². The van der Waals surface area contributed by atoms with E-state index in [0.717, 1.165) is 54.7 Å². The van der Waals surface area contributed by atoms with Gasteiger partial charge in [0.15, 0.2) is 0 Å². The fourth-order valence-corrected chi connectivity index (χ4v) is 5.16. The summed E-state index contributed by atoms with van der Waals surface area (Å²) in [6.07, 6.45) is 4.70. The van der Waals surface area contributed by atoms with Crippen LogP contribution < -0.4 is 0 Å². The molecular formula is C29H35FN2O4. The second-order valence-electron chi connectivity index (χ2n) is 9.69. The summed E-state index contributed by atoms with van der Waals surface area (Å²) in [7, 11) is 1.68. The van der Waals surface area contributed by atoms with Crippen molar-refractivity contribution in [3.8, 4) is 22.4 Å². The number of carboxylic acid groups (broad SMARTS) is 1. The molecule has 0 amide bonds. The lowest BCUT2D eigenvalue weighted by molar-refractivity contribution is -0.142. The summed E-state index contributed by atoms with van der Waals surface area (Å²) in [5, 5.41) is 13.9. The standard InChI is InChI=1S/C29H35FN2O4/c1-20-7-6-10-24(28(20)30)27-25(15-16-35-2)32(31-29(27)23-8-4-3-5-9-23)17-21-11-13-22(14-12-21)18-36-19-26(33)34/h3-10,21-22H,11-19H2,1-2H3,(H,33,34)/t21-,22+. The number of aromatic nitrogens is 2. The molecule has 0 saturated heterocycles. The molecule has 0 aliphatic heterocycles. The molecule has 0 atom stereocenters. The van der Waals surface area contributed by atoms with Gasteiger partial charge in [-0.3, -0.25) is 4.68 Å². The summed E-state index contributed by atoms with van der Waals surface area (Å²) in [6, 6.07) is 15.5. The van der Waals surface area contributed by atoms with Gasteiger partial charge in [0.2, 0.25) is 0 Å². The lowest BCUT2D eigenvalue weighted by atomic mass is 9.82. The van der Waals surface area contributed by atoms with Crippen molar-refractivity contribution in [2.24, 2.45) is 11.8 Å². The fraction of sp³-hybridized carbons (Fsp3) is 0.448. The molecule has 2 aromatic carbocycles. The van der Waals surface area contributed by atoms with Crippen LogP contribution in [0.1, 0.15) is 36.9 Å². The van der Waals surface area contributed by atoms with Gasteiger partial charge in [0.05, 0.1) is 13.2 Å². The van der Waals surface area contributed by atoms with Crippen LogP contribution in [0.4, 0.5) is 4.39 Å². The van der Waals surface area contributed by atoms with Gasteiger partial charge in [0.1, 0.15) is 18.1 Å². The third kappa shape index (κ3) is 6.20. The van der Waals surface area contributed by atoms with Gasteiger partial charge in [0.25, 0.3) is 0 Å². The van der Waals surface area contributed by atoms with Crippen LogP contribution in [0.3, 0.4) is 0 Å². The summed E-state index contributed by atoms with van der Waals surface area (Å²) in [5.74, 6) is -0.306. The molecule has 6 nitrogen and oxygen atoms in total. The second-order valence-corrected chi connectivity index (χ2v) is 9.69. The highest BCUT2D eigenvalue weighted by molar-refractivity contribution is 5.83. The molecule has 1 fully saturated rings. The molecule has 1 N–H and O–H groups in total. The van der Waals surface area contributed by atoms with Crippen LogP contribution in [0.5, 0.6) is 0 Å². The van der Waals surface area contributed by atoms with Crippen LogP contribution in [0.2, 0.25) is 0 Å². The first-order valence-electron chi connectivity index (χ1n) is 12.7. The van der Waals surface area contributed by atoms with Gasteiger partial charge in [-0.05, 0) is 50.0 Å². The minimum Gasteiger partial charge on any atom is -0.480 e. The SMILES string of the molecule is COCCc1c(-c2cccc(C)c2F)c(-c2ccccc2)nn1C[C@H]1CC[C@@H](COCC(=O)O)CC1. The summed E-state index contributed by atoms with van der Waals surface area (Å²) >= 11 is 0. The average Bonchev–Trinajstić information content (AvgIpc) is 3.23. The minimum absolute atomic E-state index is 0.213. The normalized spacial score (nSPS) is 17.9. The molecule has 4 rings (SSSR count). The number of benzene rings is 2. The highest BCUT2D eigenvalue weighted by atomic mass is 19.1. The Morgan fingerprint density at radius 2 is 1.81 bits per heavy atom. The lowest BCUT2D eigenvalue weighted by Crippen LogP contribution is -2.24. The Balaban J connectivity index is 1.64. The van der Waals surface area contributed by atoms with E-state index in [1.54, 1.807) is 20.1 Å². The largest absolute Gasteiger partial charge is 0.480 e. The van der Waals surface area contributed by atoms with Crippen molar-refractivity contribution in [1.82, 2.24) is 9.78 Å². The average molecular weight is 495 g/mol. The third-order valence-electron chi connectivity index (χ3n) is 7.09. The van der Waals surface area contributed by atoms with Crippen LogP contribution in [0.25, 0.3) is 22.4 Å². The monoisotopic (exact) mass is 494 g/mol. The number of nitrogens with zero attached hydrogens (tertiary/aromatic N) is 2. The number of halogens is 1. The van der Waals surface area contributed by atoms with Gasteiger partial charge in [-0.15, -0.1) is 0 Å².